The van der Waals surface area contributed by atoms with Gasteiger partial charge in [-0.05, 0) is 63.5 Å². The van der Waals surface area contributed by atoms with Gasteiger partial charge in [-0.2, -0.15) is 0 Å². The van der Waals surface area contributed by atoms with Crippen LogP contribution in [0.15, 0.2) is 24.3 Å². The van der Waals surface area contributed by atoms with Crippen LogP contribution >= 0.6 is 0 Å². The zero-order valence-corrected chi connectivity index (χ0v) is 13.9. The highest BCUT2D eigenvalue weighted by molar-refractivity contribution is 5.94. The average Bonchev–Trinajstić information content (AvgIpc) is 2.59. The number of carbonyl (C=O) groups is 1. The second kappa shape index (κ2) is 7.79. The molecular formula is C18H27N3O2. The van der Waals surface area contributed by atoms with Gasteiger partial charge >= 0.3 is 0 Å². The van der Waals surface area contributed by atoms with Gasteiger partial charge in [-0.25, -0.2) is 0 Å². The third-order valence-corrected chi connectivity index (χ3v) is 4.72. The van der Waals surface area contributed by atoms with Gasteiger partial charge in [0.15, 0.2) is 0 Å². The van der Waals surface area contributed by atoms with Gasteiger partial charge in [-0.15, -0.1) is 0 Å². The Morgan fingerprint density at radius 2 is 1.91 bits per heavy atom. The van der Waals surface area contributed by atoms with Crippen LogP contribution in [0.4, 0.5) is 5.69 Å². The number of carbonyl (C=O) groups excluding carboxylic acids is 1. The molecule has 0 bridgehead atoms. The first-order chi connectivity index (χ1) is 11.2. The molecule has 2 aliphatic rings. The minimum atomic E-state index is -0.0566. The molecule has 5 nitrogen and oxygen atoms in total. The Bertz CT molecular complexity index is 504. The molecule has 0 spiro atoms. The largest absolute Gasteiger partial charge is 0.490 e. The van der Waals surface area contributed by atoms with Crippen molar-refractivity contribution in [3.63, 3.8) is 0 Å². The Balaban J connectivity index is 1.49. The highest BCUT2D eigenvalue weighted by Gasteiger charge is 2.21. The van der Waals surface area contributed by atoms with Crippen LogP contribution < -0.4 is 15.4 Å². The summed E-state index contributed by atoms with van der Waals surface area (Å²) in [5.41, 5.74) is 0.832. The first-order valence-electron chi connectivity index (χ1n) is 8.70. The quantitative estimate of drug-likeness (QED) is 0.894. The number of piperidine rings is 2. The van der Waals surface area contributed by atoms with Crippen LogP contribution in [0.25, 0.3) is 0 Å². The lowest BCUT2D eigenvalue weighted by Crippen LogP contribution is -2.43. The molecule has 23 heavy (non-hydrogen) atoms. The summed E-state index contributed by atoms with van der Waals surface area (Å²) >= 11 is 0. The number of amides is 1. The Kier molecular flexibility index (Phi) is 5.51. The van der Waals surface area contributed by atoms with E-state index in [1.165, 1.54) is 0 Å². The zero-order valence-electron chi connectivity index (χ0n) is 13.9. The Hall–Kier alpha value is -1.59. The van der Waals surface area contributed by atoms with Crippen LogP contribution in [0.2, 0.25) is 0 Å². The average molecular weight is 317 g/mol. The van der Waals surface area contributed by atoms with E-state index in [1.807, 2.05) is 24.3 Å². The Morgan fingerprint density at radius 1 is 1.17 bits per heavy atom. The smallest absolute Gasteiger partial charge is 0.241 e. The molecule has 2 aliphatic heterocycles. The van der Waals surface area contributed by atoms with E-state index < -0.39 is 0 Å². The minimum absolute atomic E-state index is 0.0566. The second-order valence-corrected chi connectivity index (χ2v) is 6.64. The number of benzene rings is 1. The monoisotopic (exact) mass is 317 g/mol. The van der Waals surface area contributed by atoms with Crippen LogP contribution in [-0.4, -0.2) is 49.6 Å². The number of hydrogen-bond donors (Lipinski definition) is 2. The fourth-order valence-corrected chi connectivity index (χ4v) is 3.22. The van der Waals surface area contributed by atoms with Gasteiger partial charge in [-0.3, -0.25) is 4.79 Å². The molecule has 0 saturated carbocycles. The summed E-state index contributed by atoms with van der Waals surface area (Å²) in [6.45, 7) is 3.11. The summed E-state index contributed by atoms with van der Waals surface area (Å²) < 4.78 is 6.03. The third kappa shape index (κ3) is 4.69. The highest BCUT2D eigenvalue weighted by Crippen LogP contribution is 2.21. The molecule has 1 atom stereocenters. The summed E-state index contributed by atoms with van der Waals surface area (Å²) in [6.07, 6.45) is 5.65. The van der Waals surface area contributed by atoms with E-state index in [2.05, 4.69) is 22.6 Å². The summed E-state index contributed by atoms with van der Waals surface area (Å²) in [5, 5.41) is 6.25. The highest BCUT2D eigenvalue weighted by atomic mass is 16.5. The van der Waals surface area contributed by atoms with E-state index in [0.717, 1.165) is 63.2 Å². The van der Waals surface area contributed by atoms with Crippen LogP contribution in [-0.2, 0) is 4.79 Å². The van der Waals surface area contributed by atoms with Gasteiger partial charge in [0.25, 0.3) is 0 Å². The molecule has 2 heterocycles. The zero-order chi connectivity index (χ0) is 16.1. The van der Waals surface area contributed by atoms with Gasteiger partial charge in [-0.1, -0.05) is 6.42 Å². The molecule has 0 aromatic heterocycles. The Morgan fingerprint density at radius 3 is 2.57 bits per heavy atom. The molecule has 2 N–H and O–H groups in total. The summed E-state index contributed by atoms with van der Waals surface area (Å²) in [4.78, 5) is 14.5. The van der Waals surface area contributed by atoms with Gasteiger partial charge in [0.2, 0.25) is 5.91 Å². The van der Waals surface area contributed by atoms with Crippen molar-refractivity contribution < 1.29 is 9.53 Å². The molecule has 126 valence electrons. The third-order valence-electron chi connectivity index (χ3n) is 4.72. The maximum Gasteiger partial charge on any atom is 0.241 e. The molecule has 0 radical (unpaired) electrons. The minimum Gasteiger partial charge on any atom is -0.490 e. The van der Waals surface area contributed by atoms with Crippen molar-refractivity contribution in [3.8, 4) is 5.75 Å². The van der Waals surface area contributed by atoms with Crippen molar-refractivity contribution in [2.75, 3.05) is 32.0 Å². The number of nitrogens with one attached hydrogen (secondary N) is 2. The second-order valence-electron chi connectivity index (χ2n) is 6.64. The van der Waals surface area contributed by atoms with E-state index in [4.69, 9.17) is 4.74 Å². The fraction of sp³-hybridized carbons (Fsp3) is 0.611. The van der Waals surface area contributed by atoms with Crippen LogP contribution in [0.3, 0.4) is 0 Å². The molecule has 5 heteroatoms. The summed E-state index contributed by atoms with van der Waals surface area (Å²) in [5.74, 6) is 0.946. The van der Waals surface area contributed by atoms with Crippen LogP contribution in [0.5, 0.6) is 5.75 Å². The van der Waals surface area contributed by atoms with Crippen LogP contribution in [0.1, 0.15) is 32.1 Å². The lowest BCUT2D eigenvalue weighted by molar-refractivity contribution is -0.118. The summed E-state index contributed by atoms with van der Waals surface area (Å²) in [7, 11) is 2.15. The lowest BCUT2D eigenvalue weighted by Gasteiger charge is -2.29. The molecule has 1 aromatic carbocycles. The van der Waals surface area contributed by atoms with Gasteiger partial charge in [0.05, 0.1) is 6.04 Å². The number of nitrogens with zero attached hydrogens (tertiary/aromatic N) is 1. The van der Waals surface area contributed by atoms with Crippen molar-refractivity contribution >= 4 is 11.6 Å². The fourth-order valence-electron chi connectivity index (χ4n) is 3.22. The Labute approximate surface area is 138 Å². The molecule has 1 amide bonds. The van der Waals surface area contributed by atoms with E-state index in [1.54, 1.807) is 0 Å². The van der Waals surface area contributed by atoms with Crippen molar-refractivity contribution in [2.45, 2.75) is 44.2 Å². The molecular weight excluding hydrogens is 290 g/mol. The van der Waals surface area contributed by atoms with Gasteiger partial charge in [0.1, 0.15) is 11.9 Å². The van der Waals surface area contributed by atoms with Gasteiger partial charge < -0.3 is 20.3 Å². The number of hydrogen-bond acceptors (Lipinski definition) is 4. The van der Waals surface area contributed by atoms with E-state index in [-0.39, 0.29) is 11.9 Å². The van der Waals surface area contributed by atoms with Crippen molar-refractivity contribution in [1.29, 1.82) is 0 Å². The molecule has 3 rings (SSSR count). The molecule has 2 saturated heterocycles. The SMILES string of the molecule is CN1CCC(Oc2ccc(NC(=O)[C@H]3CCCCN3)cc2)CC1. The molecule has 1 aromatic rings. The first kappa shape index (κ1) is 16.3. The number of likely N-dealkylation sites (tertiary alicyclic amines) is 1. The first-order valence-corrected chi connectivity index (χ1v) is 8.70. The van der Waals surface area contributed by atoms with Crippen LogP contribution in [0, 0.1) is 0 Å². The summed E-state index contributed by atoms with van der Waals surface area (Å²) in [6, 6.07) is 7.68. The molecule has 2 fully saturated rings. The van der Waals surface area contributed by atoms with E-state index >= 15 is 0 Å². The van der Waals surface area contributed by atoms with Crippen molar-refractivity contribution in [1.82, 2.24) is 10.2 Å². The number of rotatable bonds is 4. The van der Waals surface area contributed by atoms with Gasteiger partial charge in [0, 0.05) is 18.8 Å². The number of ether oxygens (including phenoxy) is 1. The van der Waals surface area contributed by atoms with E-state index in [0.29, 0.717) is 6.10 Å². The normalized spacial score (nSPS) is 23.4. The predicted octanol–water partition coefficient (Wildman–Crippen LogP) is 2.24. The standard InChI is InChI=1S/C18H27N3O2/c1-21-12-9-16(10-13-21)23-15-7-5-14(6-8-15)20-18(22)17-4-2-3-11-19-17/h5-8,16-17,19H,2-4,9-13H2,1H3,(H,20,22)/t17-/m1/s1. The van der Waals surface area contributed by atoms with Crippen molar-refractivity contribution in [2.24, 2.45) is 0 Å². The predicted molar refractivity (Wildman–Crippen MR) is 91.9 cm³/mol. The maximum atomic E-state index is 12.2. The number of anilines is 1. The van der Waals surface area contributed by atoms with Crippen molar-refractivity contribution in [3.05, 3.63) is 24.3 Å². The molecule has 0 unspecified atom stereocenters. The topological polar surface area (TPSA) is 53.6 Å². The lowest BCUT2D eigenvalue weighted by atomic mass is 10.0. The molecule has 0 aliphatic carbocycles. The maximum absolute atomic E-state index is 12.2. The van der Waals surface area contributed by atoms with E-state index in [9.17, 15) is 4.79 Å².